The second-order valence-electron chi connectivity index (χ2n) is 4.23. The lowest BCUT2D eigenvalue weighted by Crippen LogP contribution is -2.18. The molecule has 0 saturated heterocycles. The number of nitrogens with one attached hydrogen (secondary N) is 1. The van der Waals surface area contributed by atoms with Gasteiger partial charge in [0.25, 0.3) is 0 Å². The van der Waals surface area contributed by atoms with E-state index in [0.717, 1.165) is 0 Å². The van der Waals surface area contributed by atoms with E-state index >= 15 is 0 Å². The predicted molar refractivity (Wildman–Crippen MR) is 83.9 cm³/mol. The second-order valence-corrected chi connectivity index (χ2v) is 6.51. The number of aliphatic hydroxyl groups is 1. The van der Waals surface area contributed by atoms with Gasteiger partial charge in [0, 0.05) is 25.2 Å². The van der Waals surface area contributed by atoms with Crippen LogP contribution in [0.1, 0.15) is 18.4 Å². The Morgan fingerprint density at radius 3 is 2.86 bits per heavy atom. The molecule has 116 valence electrons. The molecular formula is C14H18ClNO4S. The third-order valence-electron chi connectivity index (χ3n) is 2.47. The fourth-order valence-corrected chi connectivity index (χ4v) is 2.82. The highest BCUT2D eigenvalue weighted by Gasteiger charge is 2.12. The number of rotatable bonds is 7. The molecule has 0 aliphatic rings. The van der Waals surface area contributed by atoms with Gasteiger partial charge in [-0.2, -0.15) is 0 Å². The largest absolute Gasteiger partial charge is 0.395 e. The van der Waals surface area contributed by atoms with E-state index in [1.807, 2.05) is 0 Å². The van der Waals surface area contributed by atoms with Gasteiger partial charge in [0.1, 0.15) is 0 Å². The summed E-state index contributed by atoms with van der Waals surface area (Å²) in [5, 5.41) is 9.19. The van der Waals surface area contributed by atoms with Crippen LogP contribution in [0.4, 0.5) is 5.69 Å². The smallest absolute Gasteiger partial charge is 0.232 e. The number of halogens is 1. The maximum Gasteiger partial charge on any atom is 0.232 e. The van der Waals surface area contributed by atoms with Crippen molar-refractivity contribution in [3.05, 3.63) is 28.8 Å². The summed E-state index contributed by atoms with van der Waals surface area (Å²) in [4.78, 5) is 0. The average Bonchev–Trinajstić information content (AvgIpc) is 2.42. The molecule has 2 N–H and O–H groups in total. The molecular weight excluding hydrogens is 314 g/mol. The highest BCUT2D eigenvalue weighted by molar-refractivity contribution is 7.92. The fourth-order valence-electron chi connectivity index (χ4n) is 1.53. The van der Waals surface area contributed by atoms with Gasteiger partial charge in [-0.25, -0.2) is 8.42 Å². The number of hydrogen-bond donors (Lipinski definition) is 2. The quantitative estimate of drug-likeness (QED) is 0.590. The minimum absolute atomic E-state index is 0.0347. The standard InChI is InChI=1S/C14H18ClNO4S/c1-20-9-4-10-21(18,19)16-14-7-6-13(15)11-12(14)5-2-3-8-17/h6-7,11,16-17H,3-4,8-10H2,1H3. The molecule has 7 heteroatoms. The van der Waals surface area contributed by atoms with E-state index in [-0.39, 0.29) is 12.4 Å². The van der Waals surface area contributed by atoms with E-state index in [1.165, 1.54) is 7.11 Å². The fraction of sp³-hybridized carbons (Fsp3) is 0.429. The Kier molecular flexibility index (Phi) is 7.54. The zero-order chi connectivity index (χ0) is 15.7. The first-order valence-corrected chi connectivity index (χ1v) is 8.40. The third-order valence-corrected chi connectivity index (χ3v) is 4.06. The van der Waals surface area contributed by atoms with Gasteiger partial charge in [-0.1, -0.05) is 23.4 Å². The van der Waals surface area contributed by atoms with E-state index in [9.17, 15) is 8.42 Å². The molecule has 0 aliphatic heterocycles. The summed E-state index contributed by atoms with van der Waals surface area (Å²) in [7, 11) is -1.94. The van der Waals surface area contributed by atoms with Gasteiger partial charge in [-0.3, -0.25) is 4.72 Å². The summed E-state index contributed by atoms with van der Waals surface area (Å²) in [6.07, 6.45) is 0.720. The Morgan fingerprint density at radius 2 is 2.19 bits per heavy atom. The number of benzene rings is 1. The molecule has 0 spiro atoms. The minimum Gasteiger partial charge on any atom is -0.395 e. The van der Waals surface area contributed by atoms with Crippen molar-refractivity contribution in [3.8, 4) is 11.8 Å². The number of methoxy groups -OCH3 is 1. The van der Waals surface area contributed by atoms with Gasteiger partial charge >= 0.3 is 0 Å². The molecule has 0 atom stereocenters. The van der Waals surface area contributed by atoms with Crippen LogP contribution in [-0.4, -0.2) is 39.6 Å². The van der Waals surface area contributed by atoms with Crippen LogP contribution in [0.5, 0.6) is 0 Å². The molecule has 0 bridgehead atoms. The molecule has 1 rings (SSSR count). The highest BCUT2D eigenvalue weighted by atomic mass is 35.5. The molecule has 0 aliphatic carbocycles. The molecule has 5 nitrogen and oxygen atoms in total. The number of sulfonamides is 1. The maximum absolute atomic E-state index is 12.0. The predicted octanol–water partition coefficient (Wildman–Crippen LogP) is 1.85. The van der Waals surface area contributed by atoms with Crippen LogP contribution < -0.4 is 4.72 Å². The summed E-state index contributed by atoms with van der Waals surface area (Å²) in [5.74, 6) is 5.51. The van der Waals surface area contributed by atoms with E-state index in [1.54, 1.807) is 18.2 Å². The number of aliphatic hydroxyl groups excluding tert-OH is 1. The van der Waals surface area contributed by atoms with Crippen LogP contribution in [0, 0.1) is 11.8 Å². The molecule has 0 saturated carbocycles. The van der Waals surface area contributed by atoms with Gasteiger partial charge in [-0.05, 0) is 24.6 Å². The lowest BCUT2D eigenvalue weighted by molar-refractivity contribution is 0.199. The van der Waals surface area contributed by atoms with Crippen molar-refractivity contribution in [3.63, 3.8) is 0 Å². The Labute approximate surface area is 130 Å². The molecule has 0 unspecified atom stereocenters. The third kappa shape index (κ3) is 6.82. The SMILES string of the molecule is COCCCS(=O)(=O)Nc1ccc(Cl)cc1C#CCCO. The Balaban J connectivity index is 2.90. The molecule has 0 amide bonds. The van der Waals surface area contributed by atoms with Crippen molar-refractivity contribution in [2.45, 2.75) is 12.8 Å². The van der Waals surface area contributed by atoms with Gasteiger partial charge < -0.3 is 9.84 Å². The van der Waals surface area contributed by atoms with E-state index in [2.05, 4.69) is 16.6 Å². The van der Waals surface area contributed by atoms with Crippen molar-refractivity contribution in [2.24, 2.45) is 0 Å². The zero-order valence-electron chi connectivity index (χ0n) is 11.7. The normalized spacial score (nSPS) is 10.8. The van der Waals surface area contributed by atoms with Crippen LogP contribution >= 0.6 is 11.6 Å². The average molecular weight is 332 g/mol. The molecule has 0 aromatic heterocycles. The van der Waals surface area contributed by atoms with Crippen molar-refractivity contribution < 1.29 is 18.3 Å². The summed E-state index contributed by atoms with van der Waals surface area (Å²) >= 11 is 5.89. The van der Waals surface area contributed by atoms with Crippen molar-refractivity contribution in [1.82, 2.24) is 0 Å². The van der Waals surface area contributed by atoms with Crippen molar-refractivity contribution in [2.75, 3.05) is 30.8 Å². The van der Waals surface area contributed by atoms with Gasteiger partial charge in [-0.15, -0.1) is 0 Å². The van der Waals surface area contributed by atoms with E-state index < -0.39 is 10.0 Å². The summed E-state index contributed by atoms with van der Waals surface area (Å²) < 4.78 is 31.2. The summed E-state index contributed by atoms with van der Waals surface area (Å²) in [6, 6.07) is 4.74. The van der Waals surface area contributed by atoms with Gasteiger partial charge in [0.15, 0.2) is 0 Å². The number of ether oxygens (including phenoxy) is 1. The Bertz CT molecular complexity index is 620. The van der Waals surface area contributed by atoms with Crippen molar-refractivity contribution >= 4 is 27.3 Å². The van der Waals surface area contributed by atoms with E-state index in [0.29, 0.717) is 35.7 Å². The first kappa shape index (κ1) is 17.8. The molecule has 21 heavy (non-hydrogen) atoms. The van der Waals surface area contributed by atoms with Crippen LogP contribution in [0.15, 0.2) is 18.2 Å². The first-order valence-electron chi connectivity index (χ1n) is 6.37. The molecule has 0 radical (unpaired) electrons. The zero-order valence-corrected chi connectivity index (χ0v) is 13.3. The molecule has 1 aromatic carbocycles. The number of hydrogen-bond acceptors (Lipinski definition) is 4. The highest BCUT2D eigenvalue weighted by Crippen LogP contribution is 2.21. The maximum atomic E-state index is 12.0. The van der Waals surface area contributed by atoms with Crippen LogP contribution in [-0.2, 0) is 14.8 Å². The lowest BCUT2D eigenvalue weighted by atomic mass is 10.2. The van der Waals surface area contributed by atoms with Gasteiger partial charge in [0.05, 0.1) is 23.6 Å². The minimum atomic E-state index is -3.46. The summed E-state index contributed by atoms with van der Waals surface area (Å²) in [5.41, 5.74) is 0.855. The molecule has 0 heterocycles. The second kappa shape index (κ2) is 8.90. The van der Waals surface area contributed by atoms with Crippen molar-refractivity contribution in [1.29, 1.82) is 0 Å². The first-order chi connectivity index (χ1) is 9.98. The van der Waals surface area contributed by atoms with Crippen LogP contribution in [0.3, 0.4) is 0 Å². The monoisotopic (exact) mass is 331 g/mol. The van der Waals surface area contributed by atoms with Crippen LogP contribution in [0.2, 0.25) is 5.02 Å². The Hall–Kier alpha value is -1.26. The molecule has 1 aromatic rings. The topological polar surface area (TPSA) is 75.6 Å². The Morgan fingerprint density at radius 1 is 1.43 bits per heavy atom. The van der Waals surface area contributed by atoms with E-state index in [4.69, 9.17) is 21.4 Å². The van der Waals surface area contributed by atoms with Crippen LogP contribution in [0.25, 0.3) is 0 Å². The lowest BCUT2D eigenvalue weighted by Gasteiger charge is -2.10. The van der Waals surface area contributed by atoms with Gasteiger partial charge in [0.2, 0.25) is 10.0 Å². The summed E-state index contributed by atoms with van der Waals surface area (Å²) in [6.45, 7) is 0.330. The number of anilines is 1. The molecule has 0 fully saturated rings.